The maximum Gasteiger partial charge on any atom is 0.256 e. The van der Waals surface area contributed by atoms with Gasteiger partial charge >= 0.3 is 0 Å². The first-order chi connectivity index (χ1) is 16.3. The third-order valence-corrected chi connectivity index (χ3v) is 7.06. The Kier molecular flexibility index (Phi) is 7.57. The molecule has 0 aliphatic carbocycles. The lowest BCUT2D eigenvalue weighted by Crippen LogP contribution is -2.60. The number of nitrogens with zero attached hydrogens (tertiary/aromatic N) is 2. The van der Waals surface area contributed by atoms with E-state index in [9.17, 15) is 14.4 Å². The molecule has 3 amide bonds. The molecule has 1 spiro atoms. The van der Waals surface area contributed by atoms with Crippen LogP contribution in [0.4, 0.5) is 0 Å². The number of rotatable bonds is 6. The molecule has 4 rings (SSSR count). The smallest absolute Gasteiger partial charge is 0.256 e. The second-order valence-corrected chi connectivity index (χ2v) is 10.2. The van der Waals surface area contributed by atoms with Crippen molar-refractivity contribution in [1.29, 1.82) is 0 Å². The maximum absolute atomic E-state index is 13.8. The van der Waals surface area contributed by atoms with Crippen LogP contribution in [0.3, 0.4) is 0 Å². The molecule has 1 aromatic carbocycles. The van der Waals surface area contributed by atoms with Gasteiger partial charge in [-0.05, 0) is 37.8 Å². The number of nitrogens with one attached hydrogen (secondary N) is 1. The first kappa shape index (κ1) is 24.7. The molecule has 0 radical (unpaired) electrons. The number of hydrogen-bond donors (Lipinski definition) is 1. The van der Waals surface area contributed by atoms with E-state index in [-0.39, 0.29) is 30.4 Å². The monoisotopic (exact) mass is 471 g/mol. The number of likely N-dealkylation sites (tertiary alicyclic amines) is 1. The Bertz CT molecular complexity index is 903. The molecule has 2 atom stereocenters. The minimum atomic E-state index is -0.888. The fraction of sp³-hybridized carbons (Fsp3) is 0.654. The molecule has 0 aromatic heterocycles. The Labute approximate surface area is 201 Å². The van der Waals surface area contributed by atoms with Gasteiger partial charge in [-0.3, -0.25) is 19.3 Å². The third kappa shape index (κ3) is 5.28. The van der Waals surface area contributed by atoms with Gasteiger partial charge in [0, 0.05) is 51.1 Å². The Morgan fingerprint density at radius 1 is 1.21 bits per heavy atom. The summed E-state index contributed by atoms with van der Waals surface area (Å²) in [5, 5.41) is 2.98. The maximum atomic E-state index is 13.8. The first-order valence-electron chi connectivity index (χ1n) is 12.5. The summed E-state index contributed by atoms with van der Waals surface area (Å²) in [5.74, 6) is -0.000170. The number of carbonyl (C=O) groups is 3. The van der Waals surface area contributed by atoms with Gasteiger partial charge in [0.05, 0.1) is 12.7 Å². The molecular weight excluding hydrogens is 434 g/mol. The summed E-state index contributed by atoms with van der Waals surface area (Å²) in [5.41, 5.74) is 0.634. The molecule has 1 N–H and O–H groups in total. The van der Waals surface area contributed by atoms with E-state index < -0.39 is 11.8 Å². The molecule has 8 nitrogen and oxygen atoms in total. The van der Waals surface area contributed by atoms with Gasteiger partial charge in [0.25, 0.3) is 5.91 Å². The van der Waals surface area contributed by atoms with E-state index >= 15 is 0 Å². The average Bonchev–Trinajstić information content (AvgIpc) is 3.45. The third-order valence-electron chi connectivity index (χ3n) is 7.06. The molecule has 186 valence electrons. The quantitative estimate of drug-likeness (QED) is 0.689. The summed E-state index contributed by atoms with van der Waals surface area (Å²) in [6, 6.07) is 6.71. The zero-order valence-electron chi connectivity index (χ0n) is 20.5. The average molecular weight is 472 g/mol. The lowest BCUT2D eigenvalue weighted by atomic mass is 9.95. The van der Waals surface area contributed by atoms with Gasteiger partial charge in [-0.25, -0.2) is 0 Å². The Hall–Kier alpha value is -2.45. The first-order valence-corrected chi connectivity index (χ1v) is 12.5. The molecule has 3 aliphatic rings. The highest BCUT2D eigenvalue weighted by molar-refractivity contribution is 5.98. The minimum absolute atomic E-state index is 0.0244. The van der Waals surface area contributed by atoms with Crippen LogP contribution in [0, 0.1) is 12.8 Å². The highest BCUT2D eigenvalue weighted by Crippen LogP contribution is 2.38. The van der Waals surface area contributed by atoms with Crippen molar-refractivity contribution in [2.24, 2.45) is 5.92 Å². The van der Waals surface area contributed by atoms with E-state index in [0.717, 1.165) is 25.0 Å². The summed E-state index contributed by atoms with van der Waals surface area (Å²) >= 11 is 0. The van der Waals surface area contributed by atoms with Crippen molar-refractivity contribution < 1.29 is 23.9 Å². The predicted molar refractivity (Wildman–Crippen MR) is 127 cm³/mol. The van der Waals surface area contributed by atoms with Crippen LogP contribution < -0.4 is 5.32 Å². The van der Waals surface area contributed by atoms with Crippen molar-refractivity contribution >= 4 is 17.7 Å². The van der Waals surface area contributed by atoms with E-state index in [1.807, 2.05) is 43.9 Å². The normalized spacial score (nSPS) is 24.1. The number of ether oxygens (including phenoxy) is 2. The molecule has 0 saturated carbocycles. The van der Waals surface area contributed by atoms with Gasteiger partial charge in [-0.1, -0.05) is 31.5 Å². The number of piperidine rings is 1. The lowest BCUT2D eigenvalue weighted by molar-refractivity contribution is -0.144. The topological polar surface area (TPSA) is 88.2 Å². The van der Waals surface area contributed by atoms with E-state index in [2.05, 4.69) is 5.32 Å². The summed E-state index contributed by atoms with van der Waals surface area (Å²) < 4.78 is 11.9. The predicted octanol–water partition coefficient (Wildman–Crippen LogP) is 2.50. The molecule has 3 saturated heterocycles. The van der Waals surface area contributed by atoms with Crippen molar-refractivity contribution in [2.75, 3.05) is 32.8 Å². The van der Waals surface area contributed by atoms with Crippen molar-refractivity contribution in [3.8, 4) is 0 Å². The second-order valence-electron chi connectivity index (χ2n) is 10.2. The number of benzene rings is 1. The number of amides is 3. The van der Waals surface area contributed by atoms with Gasteiger partial charge in [0.2, 0.25) is 11.8 Å². The van der Waals surface area contributed by atoms with Crippen molar-refractivity contribution in [3.05, 3.63) is 35.4 Å². The molecule has 8 heteroatoms. The molecule has 1 aromatic rings. The summed E-state index contributed by atoms with van der Waals surface area (Å²) in [6.45, 7) is 8.33. The van der Waals surface area contributed by atoms with Crippen LogP contribution in [0.2, 0.25) is 0 Å². The summed E-state index contributed by atoms with van der Waals surface area (Å²) in [4.78, 5) is 43.1. The zero-order chi connectivity index (χ0) is 24.3. The van der Waals surface area contributed by atoms with E-state index in [0.29, 0.717) is 50.4 Å². The van der Waals surface area contributed by atoms with Crippen LogP contribution in [-0.4, -0.2) is 78.2 Å². The van der Waals surface area contributed by atoms with Gasteiger partial charge in [0.15, 0.2) is 0 Å². The zero-order valence-corrected chi connectivity index (χ0v) is 20.5. The molecule has 0 bridgehead atoms. The standard InChI is InChI=1S/C26H37N3O5/c1-18(2)14-23(30)28-11-9-26(10-12-28)29(25(32)20-7-4-6-19(3)15-20)22(17-34-26)24(31)27-16-21-8-5-13-33-21/h4,6-7,15,18,21-22H,5,8-14,16-17H2,1-3H3,(H,27,31). The van der Waals surface area contributed by atoms with Gasteiger partial charge < -0.3 is 19.7 Å². The highest BCUT2D eigenvalue weighted by atomic mass is 16.5. The number of carbonyl (C=O) groups excluding carboxylic acids is 3. The number of aryl methyl sites for hydroxylation is 1. The molecule has 3 fully saturated rings. The Morgan fingerprint density at radius 2 is 1.97 bits per heavy atom. The van der Waals surface area contributed by atoms with Crippen molar-refractivity contribution in [2.45, 2.75) is 70.7 Å². The second kappa shape index (κ2) is 10.4. The minimum Gasteiger partial charge on any atom is -0.376 e. The molecule has 2 unspecified atom stereocenters. The van der Waals surface area contributed by atoms with Gasteiger partial charge in [0.1, 0.15) is 11.8 Å². The van der Waals surface area contributed by atoms with Crippen LogP contribution in [-0.2, 0) is 19.1 Å². The molecule has 34 heavy (non-hydrogen) atoms. The highest BCUT2D eigenvalue weighted by Gasteiger charge is 2.54. The lowest BCUT2D eigenvalue weighted by Gasteiger charge is -2.44. The van der Waals surface area contributed by atoms with E-state index in [1.165, 1.54) is 0 Å². The summed E-state index contributed by atoms with van der Waals surface area (Å²) in [7, 11) is 0. The fourth-order valence-corrected chi connectivity index (χ4v) is 5.21. The van der Waals surface area contributed by atoms with Gasteiger partial charge in [-0.2, -0.15) is 0 Å². The van der Waals surface area contributed by atoms with E-state index in [4.69, 9.17) is 9.47 Å². The SMILES string of the molecule is Cc1cccc(C(=O)N2C(C(=O)NCC3CCCO3)COC23CCN(C(=O)CC(C)C)CC3)c1. The van der Waals surface area contributed by atoms with Crippen LogP contribution in [0.5, 0.6) is 0 Å². The Morgan fingerprint density at radius 3 is 2.62 bits per heavy atom. The van der Waals surface area contributed by atoms with Crippen molar-refractivity contribution in [3.63, 3.8) is 0 Å². The largest absolute Gasteiger partial charge is 0.376 e. The molecule has 3 aliphatic heterocycles. The Balaban J connectivity index is 1.53. The van der Waals surface area contributed by atoms with Crippen LogP contribution in [0.25, 0.3) is 0 Å². The van der Waals surface area contributed by atoms with Crippen LogP contribution >= 0.6 is 0 Å². The van der Waals surface area contributed by atoms with Crippen LogP contribution in [0.15, 0.2) is 24.3 Å². The van der Waals surface area contributed by atoms with Crippen molar-refractivity contribution in [1.82, 2.24) is 15.1 Å². The molecule has 3 heterocycles. The number of hydrogen-bond acceptors (Lipinski definition) is 5. The van der Waals surface area contributed by atoms with Gasteiger partial charge in [-0.15, -0.1) is 0 Å². The summed E-state index contributed by atoms with van der Waals surface area (Å²) in [6.07, 6.45) is 3.44. The van der Waals surface area contributed by atoms with Crippen LogP contribution in [0.1, 0.15) is 61.9 Å². The fourth-order valence-electron chi connectivity index (χ4n) is 5.21. The molecular formula is C26H37N3O5. The van der Waals surface area contributed by atoms with E-state index in [1.54, 1.807) is 11.0 Å².